The molecule has 1 amide bonds. The van der Waals surface area contributed by atoms with E-state index >= 15 is 0 Å². The quantitative estimate of drug-likeness (QED) is 0.520. The number of nitrogens with zero attached hydrogens (tertiary/aromatic N) is 1. The second kappa shape index (κ2) is 9.17. The van der Waals surface area contributed by atoms with Crippen LogP contribution in [-0.2, 0) is 4.74 Å². The van der Waals surface area contributed by atoms with Gasteiger partial charge in [-0.2, -0.15) is 0 Å². The van der Waals surface area contributed by atoms with Gasteiger partial charge in [0.15, 0.2) is 5.88 Å². The highest BCUT2D eigenvalue weighted by atomic mass is 35.5. The molecule has 7 heteroatoms. The van der Waals surface area contributed by atoms with E-state index in [2.05, 4.69) is 15.6 Å². The van der Waals surface area contributed by atoms with Gasteiger partial charge in [-0.15, -0.1) is 0 Å². The first kappa shape index (κ1) is 19.8. The van der Waals surface area contributed by atoms with E-state index in [4.69, 9.17) is 22.1 Å². The third kappa shape index (κ3) is 4.89. The van der Waals surface area contributed by atoms with E-state index in [0.29, 0.717) is 21.9 Å². The van der Waals surface area contributed by atoms with Gasteiger partial charge in [0.1, 0.15) is 0 Å². The Balaban J connectivity index is 3.04. The summed E-state index contributed by atoms with van der Waals surface area (Å²) in [6, 6.07) is 3.45. The number of nitrogens with one attached hydrogen (secondary N) is 2. The van der Waals surface area contributed by atoms with Crippen molar-refractivity contribution in [2.45, 2.75) is 20.8 Å². The zero-order chi connectivity index (χ0) is 18.3. The lowest BCUT2D eigenvalue weighted by atomic mass is 10.1. The van der Waals surface area contributed by atoms with Gasteiger partial charge < -0.3 is 21.1 Å². The summed E-state index contributed by atoms with van der Waals surface area (Å²) in [5.41, 5.74) is 9.36. The van der Waals surface area contributed by atoms with Crippen molar-refractivity contribution in [2.24, 2.45) is 10.7 Å². The van der Waals surface area contributed by atoms with Gasteiger partial charge in [0.25, 0.3) is 5.91 Å². The Hall–Kier alpha value is -2.21. The average Bonchev–Trinajstić information content (AvgIpc) is 2.57. The Morgan fingerprint density at radius 2 is 2.08 bits per heavy atom. The molecular formula is C17H25ClN4O2. The topological polar surface area (TPSA) is 88.7 Å². The van der Waals surface area contributed by atoms with Gasteiger partial charge in [0, 0.05) is 35.6 Å². The second-order valence-corrected chi connectivity index (χ2v) is 5.63. The highest BCUT2D eigenvalue weighted by Gasteiger charge is 2.15. The fraction of sp³-hybridized carbons (Fsp3) is 0.412. The van der Waals surface area contributed by atoms with Gasteiger partial charge >= 0.3 is 0 Å². The van der Waals surface area contributed by atoms with Crippen LogP contribution >= 0.6 is 11.6 Å². The zero-order valence-electron chi connectivity index (χ0n) is 14.8. The molecule has 4 N–H and O–H groups in total. The van der Waals surface area contributed by atoms with Crippen LogP contribution in [-0.4, -0.2) is 38.9 Å². The summed E-state index contributed by atoms with van der Waals surface area (Å²) >= 11 is 6.12. The Bertz CT molecular complexity index is 669. The smallest absolute Gasteiger partial charge is 0.251 e. The lowest BCUT2D eigenvalue weighted by Gasteiger charge is -2.15. The minimum atomic E-state index is -0.237. The fourth-order valence-electron chi connectivity index (χ4n) is 2.20. The summed E-state index contributed by atoms with van der Waals surface area (Å²) in [5.74, 6) is -0.00554. The van der Waals surface area contributed by atoms with Crippen LogP contribution in [0.3, 0.4) is 0 Å². The molecule has 0 spiro atoms. The third-order valence-electron chi connectivity index (χ3n) is 3.70. The van der Waals surface area contributed by atoms with Gasteiger partial charge in [-0.3, -0.25) is 9.79 Å². The number of hydrogen-bond donors (Lipinski definition) is 3. The van der Waals surface area contributed by atoms with Crippen LogP contribution in [0, 0.1) is 6.92 Å². The van der Waals surface area contributed by atoms with Gasteiger partial charge in [-0.1, -0.05) is 11.6 Å². The lowest BCUT2D eigenvalue weighted by Crippen LogP contribution is -2.30. The summed E-state index contributed by atoms with van der Waals surface area (Å²) in [6.45, 7) is 6.62. The summed E-state index contributed by atoms with van der Waals surface area (Å²) < 4.78 is 5.06. The van der Waals surface area contributed by atoms with Crippen molar-refractivity contribution < 1.29 is 9.53 Å². The maximum atomic E-state index is 12.6. The summed E-state index contributed by atoms with van der Waals surface area (Å²) in [7, 11) is 3.13. The number of aliphatic imine (C=N–C) groups is 1. The number of benzene rings is 1. The maximum Gasteiger partial charge on any atom is 0.251 e. The van der Waals surface area contributed by atoms with E-state index < -0.39 is 0 Å². The summed E-state index contributed by atoms with van der Waals surface area (Å²) in [6.07, 6.45) is 0. The second-order valence-electron chi connectivity index (χ2n) is 5.19. The molecule has 0 saturated carbocycles. The molecular weight excluding hydrogens is 328 g/mol. The minimum Gasteiger partial charge on any atom is -0.482 e. The Kier molecular flexibility index (Phi) is 7.58. The molecule has 0 atom stereocenters. The van der Waals surface area contributed by atoms with Crippen LogP contribution in [0.15, 0.2) is 28.6 Å². The molecule has 1 aromatic carbocycles. The highest BCUT2D eigenvalue weighted by Crippen LogP contribution is 2.24. The normalized spacial score (nSPS) is 12.5. The first-order chi connectivity index (χ1) is 11.3. The van der Waals surface area contributed by atoms with E-state index in [1.165, 1.54) is 7.11 Å². The molecule has 1 rings (SSSR count). The average molecular weight is 353 g/mol. The molecule has 0 radical (unpaired) electrons. The number of carbonyl (C=O) groups is 1. The Morgan fingerprint density at radius 1 is 1.42 bits per heavy atom. The van der Waals surface area contributed by atoms with E-state index in [0.717, 1.165) is 17.8 Å². The predicted molar refractivity (Wildman–Crippen MR) is 99.9 cm³/mol. The molecule has 0 saturated heterocycles. The van der Waals surface area contributed by atoms with Crippen molar-refractivity contribution in [1.82, 2.24) is 5.32 Å². The number of rotatable bonds is 7. The number of nitrogens with two attached hydrogens (primary N) is 1. The zero-order valence-corrected chi connectivity index (χ0v) is 15.5. The van der Waals surface area contributed by atoms with Crippen LogP contribution in [0.25, 0.3) is 0 Å². The Labute approximate surface area is 148 Å². The molecule has 0 aliphatic rings. The number of hydrogen-bond acceptors (Lipinski definition) is 5. The number of halogens is 1. The summed E-state index contributed by atoms with van der Waals surface area (Å²) in [5, 5.41) is 6.54. The molecule has 0 fully saturated rings. The van der Waals surface area contributed by atoms with Crippen molar-refractivity contribution in [3.05, 3.63) is 39.7 Å². The van der Waals surface area contributed by atoms with Gasteiger partial charge in [0.2, 0.25) is 0 Å². The molecule has 0 aliphatic heterocycles. The van der Waals surface area contributed by atoms with Crippen LogP contribution in [0.5, 0.6) is 0 Å². The first-order valence-electron chi connectivity index (χ1n) is 7.64. The lowest BCUT2D eigenvalue weighted by molar-refractivity contribution is 0.0956. The number of ether oxygens (including phenoxy) is 1. The van der Waals surface area contributed by atoms with E-state index in [1.807, 2.05) is 13.8 Å². The highest BCUT2D eigenvalue weighted by molar-refractivity contribution is 6.31. The molecule has 1 aromatic rings. The van der Waals surface area contributed by atoms with Crippen LogP contribution < -0.4 is 16.4 Å². The largest absolute Gasteiger partial charge is 0.482 e. The van der Waals surface area contributed by atoms with Crippen LogP contribution in [0.4, 0.5) is 5.69 Å². The van der Waals surface area contributed by atoms with Crippen molar-refractivity contribution in [2.75, 3.05) is 32.6 Å². The molecule has 0 aliphatic carbocycles. The first-order valence-corrected chi connectivity index (χ1v) is 8.02. The predicted octanol–water partition coefficient (Wildman–Crippen LogP) is 2.72. The van der Waals surface area contributed by atoms with E-state index in [-0.39, 0.29) is 18.3 Å². The molecule has 132 valence electrons. The Morgan fingerprint density at radius 3 is 2.62 bits per heavy atom. The van der Waals surface area contributed by atoms with E-state index in [1.54, 1.807) is 26.1 Å². The SMILES string of the molecule is CCNc1cc(Cl)cc(C(=O)NCC(C(C)=NC)=C(N)OC)c1C. The monoisotopic (exact) mass is 352 g/mol. The van der Waals surface area contributed by atoms with Crippen molar-refractivity contribution >= 4 is 28.9 Å². The van der Waals surface area contributed by atoms with Crippen LogP contribution in [0.2, 0.25) is 5.02 Å². The molecule has 0 heterocycles. The molecule has 24 heavy (non-hydrogen) atoms. The molecule has 0 bridgehead atoms. The molecule has 0 unspecified atom stereocenters. The summed E-state index contributed by atoms with van der Waals surface area (Å²) in [4.78, 5) is 16.7. The van der Waals surface area contributed by atoms with Gasteiger partial charge in [-0.05, 0) is 38.5 Å². The third-order valence-corrected chi connectivity index (χ3v) is 3.92. The van der Waals surface area contributed by atoms with Crippen molar-refractivity contribution in [3.8, 4) is 0 Å². The maximum absolute atomic E-state index is 12.6. The fourth-order valence-corrected chi connectivity index (χ4v) is 2.42. The number of amides is 1. The van der Waals surface area contributed by atoms with Crippen molar-refractivity contribution in [3.63, 3.8) is 0 Å². The van der Waals surface area contributed by atoms with Gasteiger partial charge in [-0.25, -0.2) is 0 Å². The molecule has 0 aromatic heterocycles. The van der Waals surface area contributed by atoms with E-state index in [9.17, 15) is 4.79 Å². The number of anilines is 1. The van der Waals surface area contributed by atoms with Crippen LogP contribution in [0.1, 0.15) is 29.8 Å². The number of methoxy groups -OCH3 is 1. The van der Waals surface area contributed by atoms with Crippen molar-refractivity contribution in [1.29, 1.82) is 0 Å². The minimum absolute atomic E-state index is 0.212. The number of carbonyl (C=O) groups excluding carboxylic acids is 1. The standard InChI is InChI=1S/C17H25ClN4O2/c1-6-21-15-8-12(18)7-13(10(15)2)17(23)22-9-14(11(3)20-4)16(19)24-5/h7-8,21H,6,9,19H2,1-5H3,(H,22,23). The van der Waals surface area contributed by atoms with Gasteiger partial charge in [0.05, 0.1) is 19.2 Å². The molecule has 6 nitrogen and oxygen atoms in total.